The molecule has 3 aromatic rings. The van der Waals surface area contributed by atoms with Crippen LogP contribution < -0.4 is 15.6 Å². The Morgan fingerprint density at radius 3 is 2.46 bits per heavy atom. The molecular weight excluding hydrogens is 612 g/mol. The molecule has 2 bridgehead atoms. The molecule has 0 unspecified atom stereocenters. The maximum Gasteiger partial charge on any atom is 0.408 e. The summed E-state index contributed by atoms with van der Waals surface area (Å²) in [7, 11) is 0. The van der Waals surface area contributed by atoms with Gasteiger partial charge in [0.15, 0.2) is 0 Å². The third kappa shape index (κ3) is 6.55. The average molecular weight is 655 g/mol. The number of aliphatic carboxylic acids is 1. The van der Waals surface area contributed by atoms with E-state index in [4.69, 9.17) is 14.5 Å². The number of ether oxygens (including phenoxy) is 2. The molecule has 2 saturated carbocycles. The van der Waals surface area contributed by atoms with Crippen molar-refractivity contribution in [3.8, 4) is 17.1 Å². The molecule has 3 heterocycles. The summed E-state index contributed by atoms with van der Waals surface area (Å²) < 4.78 is 13.8. The van der Waals surface area contributed by atoms with Crippen molar-refractivity contribution in [2.24, 2.45) is 11.8 Å². The summed E-state index contributed by atoms with van der Waals surface area (Å²) in [5, 5.41) is 13.5. The number of hydrogen-bond donors (Lipinski definition) is 2. The number of carboxylic acid groups (broad SMARTS) is 1. The van der Waals surface area contributed by atoms with Gasteiger partial charge in [0.2, 0.25) is 5.91 Å². The zero-order valence-corrected chi connectivity index (χ0v) is 27.0. The first-order valence-electron chi connectivity index (χ1n) is 17.3. The number of carboxylic acids is 1. The van der Waals surface area contributed by atoms with E-state index in [2.05, 4.69) is 5.32 Å². The molecule has 3 fully saturated rings. The van der Waals surface area contributed by atoms with Crippen molar-refractivity contribution in [1.29, 1.82) is 0 Å². The van der Waals surface area contributed by atoms with E-state index in [9.17, 15) is 24.3 Å². The molecular formula is C37H42N4O7. The van der Waals surface area contributed by atoms with Gasteiger partial charge in [0.05, 0.1) is 17.4 Å². The van der Waals surface area contributed by atoms with E-state index >= 15 is 0 Å². The molecule has 2 aromatic carbocycles. The SMILES string of the molecule is O=C1N[C@@H](C2CCCC2)C(=O)N2C[C@@H](C[C@H]2C(=O)O)Oc2nc3cc(-c4ccccc4)ccc3c(=O)n2C/C=C/CC[C@@H]2CCC[C@H]2O1. The number of aromatic nitrogens is 2. The van der Waals surface area contributed by atoms with Gasteiger partial charge in [0.25, 0.3) is 11.6 Å². The largest absolute Gasteiger partial charge is 0.480 e. The number of amides is 2. The van der Waals surface area contributed by atoms with Crippen LogP contribution in [0, 0.1) is 11.8 Å². The van der Waals surface area contributed by atoms with Gasteiger partial charge >= 0.3 is 12.1 Å². The smallest absolute Gasteiger partial charge is 0.408 e. The van der Waals surface area contributed by atoms with Gasteiger partial charge in [-0.15, -0.1) is 0 Å². The lowest BCUT2D eigenvalue weighted by Gasteiger charge is -2.31. The lowest BCUT2D eigenvalue weighted by molar-refractivity contribution is -0.149. The standard InChI is InChI=1S/C37H42N4O7/c42-33-28-18-17-26(23-10-3-1-4-11-23)20-29(28)38-36-40(33)19-8-2-5-12-24-15-9-16-31(24)48-37(46)39-32(25-13-6-7-14-25)34(43)41-22-27(47-36)21-30(41)35(44)45/h1-4,8,10-11,17-18,20,24-25,27,30-32H,5-7,9,12-16,19,21-22H2,(H,39,46)(H,44,45)/b8-2+/t24-,27-,30+,31-,32+/m1/s1. The molecule has 7 rings (SSSR count). The predicted octanol–water partition coefficient (Wildman–Crippen LogP) is 5.30. The maximum atomic E-state index is 14.2. The normalized spacial score (nSPS) is 27.7. The predicted molar refractivity (Wildman–Crippen MR) is 178 cm³/mol. The zero-order chi connectivity index (χ0) is 33.2. The van der Waals surface area contributed by atoms with Gasteiger partial charge in [0.1, 0.15) is 24.3 Å². The summed E-state index contributed by atoms with van der Waals surface area (Å²) in [6.45, 7) is 0.195. The highest BCUT2D eigenvalue weighted by atomic mass is 16.6. The van der Waals surface area contributed by atoms with Gasteiger partial charge in [-0.3, -0.25) is 14.2 Å². The van der Waals surface area contributed by atoms with Crippen molar-refractivity contribution in [3.05, 3.63) is 71.0 Å². The fourth-order valence-corrected chi connectivity index (χ4v) is 8.02. The molecule has 2 N–H and O–H groups in total. The highest BCUT2D eigenvalue weighted by Crippen LogP contribution is 2.34. The fraction of sp³-hybridized carbons (Fsp3) is 0.486. The molecule has 0 spiro atoms. The van der Waals surface area contributed by atoms with Crippen molar-refractivity contribution < 1.29 is 29.0 Å². The Bertz CT molecular complexity index is 1770. The van der Waals surface area contributed by atoms with Crippen LogP contribution in [0.5, 0.6) is 6.01 Å². The molecule has 2 aliphatic carbocycles. The fourth-order valence-electron chi connectivity index (χ4n) is 8.02. The minimum Gasteiger partial charge on any atom is -0.480 e. The first-order valence-corrected chi connectivity index (χ1v) is 17.3. The zero-order valence-electron chi connectivity index (χ0n) is 27.0. The number of nitrogens with zero attached hydrogens (tertiary/aromatic N) is 3. The molecule has 11 nitrogen and oxygen atoms in total. The molecule has 4 aliphatic rings. The van der Waals surface area contributed by atoms with Crippen molar-refractivity contribution in [1.82, 2.24) is 19.8 Å². The van der Waals surface area contributed by atoms with Crippen molar-refractivity contribution >= 4 is 28.9 Å². The van der Waals surface area contributed by atoms with Gasteiger partial charge in [-0.1, -0.05) is 61.4 Å². The van der Waals surface area contributed by atoms with Crippen LogP contribution in [0.4, 0.5) is 4.79 Å². The number of carbonyl (C=O) groups is 3. The minimum atomic E-state index is -1.16. The van der Waals surface area contributed by atoms with Gasteiger partial charge in [0, 0.05) is 13.0 Å². The Labute approximate surface area is 278 Å². The van der Waals surface area contributed by atoms with Gasteiger partial charge in [-0.2, -0.15) is 4.98 Å². The summed E-state index contributed by atoms with van der Waals surface area (Å²) in [5.41, 5.74) is 2.09. The van der Waals surface area contributed by atoms with E-state index in [1.807, 2.05) is 54.6 Å². The quantitative estimate of drug-likeness (QED) is 0.363. The number of rotatable bonds is 3. The summed E-state index contributed by atoms with van der Waals surface area (Å²) in [6, 6.07) is 13.4. The summed E-state index contributed by atoms with van der Waals surface area (Å²) in [5.74, 6) is -1.51. The van der Waals surface area contributed by atoms with Crippen molar-refractivity contribution in [2.45, 2.75) is 95.0 Å². The number of hydrogen-bond acceptors (Lipinski definition) is 7. The Balaban J connectivity index is 1.26. The topological polar surface area (TPSA) is 140 Å². The second-order valence-electron chi connectivity index (χ2n) is 13.6. The Kier molecular flexibility index (Phi) is 9.19. The van der Waals surface area contributed by atoms with E-state index in [1.165, 1.54) is 9.47 Å². The van der Waals surface area contributed by atoms with Crippen LogP contribution in [-0.2, 0) is 20.9 Å². The van der Waals surface area contributed by atoms with E-state index in [1.54, 1.807) is 6.07 Å². The van der Waals surface area contributed by atoms with Crippen LogP contribution in [0.15, 0.2) is 65.5 Å². The summed E-state index contributed by atoms with van der Waals surface area (Å²) in [4.78, 5) is 60.0. The van der Waals surface area contributed by atoms with Crippen LogP contribution in [-0.4, -0.2) is 68.4 Å². The molecule has 0 radical (unpaired) electrons. The number of allylic oxidation sites excluding steroid dienone is 2. The number of benzene rings is 2. The number of fused-ring (bicyclic) bond motifs is 5. The maximum absolute atomic E-state index is 14.2. The van der Waals surface area contributed by atoms with Gasteiger partial charge in [-0.25, -0.2) is 9.59 Å². The molecule has 2 amide bonds. The molecule has 2 aliphatic heterocycles. The third-order valence-corrected chi connectivity index (χ3v) is 10.5. The monoisotopic (exact) mass is 654 g/mol. The summed E-state index contributed by atoms with van der Waals surface area (Å²) >= 11 is 0. The first kappa shape index (κ1) is 31.9. The van der Waals surface area contributed by atoms with E-state index in [0.29, 0.717) is 10.9 Å². The molecule has 1 aromatic heterocycles. The second kappa shape index (κ2) is 13.8. The Hall–Kier alpha value is -4.67. The molecule has 1 saturated heterocycles. The molecule has 11 heteroatoms. The summed E-state index contributed by atoms with van der Waals surface area (Å²) in [6.07, 6.45) is 10.0. The average Bonchev–Trinajstić information content (AvgIpc) is 3.86. The number of alkyl carbamates (subject to hydrolysis) is 1. The lowest BCUT2D eigenvalue weighted by Crippen LogP contribution is -2.55. The van der Waals surface area contributed by atoms with Crippen LogP contribution in [0.3, 0.4) is 0 Å². The van der Waals surface area contributed by atoms with E-state index in [0.717, 1.165) is 68.9 Å². The van der Waals surface area contributed by atoms with Crippen LogP contribution >= 0.6 is 0 Å². The van der Waals surface area contributed by atoms with Gasteiger partial charge in [-0.05, 0) is 80.0 Å². The molecule has 5 atom stereocenters. The third-order valence-electron chi connectivity index (χ3n) is 10.5. The molecule has 48 heavy (non-hydrogen) atoms. The van der Waals surface area contributed by atoms with Crippen molar-refractivity contribution in [2.75, 3.05) is 6.54 Å². The van der Waals surface area contributed by atoms with E-state index < -0.39 is 36.2 Å². The van der Waals surface area contributed by atoms with Crippen LogP contribution in [0.2, 0.25) is 0 Å². The van der Waals surface area contributed by atoms with Crippen LogP contribution in [0.25, 0.3) is 22.0 Å². The van der Waals surface area contributed by atoms with E-state index in [-0.39, 0.29) is 49.0 Å². The first-order chi connectivity index (χ1) is 23.4. The highest BCUT2D eigenvalue weighted by molar-refractivity contribution is 5.90. The number of carbonyl (C=O) groups excluding carboxylic acids is 2. The van der Waals surface area contributed by atoms with Gasteiger partial charge < -0.3 is 24.8 Å². The Morgan fingerprint density at radius 2 is 1.67 bits per heavy atom. The van der Waals surface area contributed by atoms with Crippen molar-refractivity contribution in [3.63, 3.8) is 0 Å². The number of nitrogens with one attached hydrogen (secondary N) is 1. The van der Waals surface area contributed by atoms with Crippen LogP contribution in [0.1, 0.15) is 64.2 Å². The molecule has 252 valence electrons. The second-order valence-corrected chi connectivity index (χ2v) is 13.6. The lowest BCUT2D eigenvalue weighted by atomic mass is 9.96. The minimum absolute atomic E-state index is 0.0143. The highest BCUT2D eigenvalue weighted by Gasteiger charge is 2.46. The Morgan fingerprint density at radius 1 is 0.875 bits per heavy atom.